The highest BCUT2D eigenvalue weighted by molar-refractivity contribution is 5.97. The number of aryl methyl sites for hydroxylation is 1. The van der Waals surface area contributed by atoms with Gasteiger partial charge in [0.25, 0.3) is 5.91 Å². The molecule has 0 aliphatic heterocycles. The quantitative estimate of drug-likeness (QED) is 0.342. The SMILES string of the molecule is Cc1ccc(CN(CCc2c[nH]c3ccccc23)C(=O)CN(C(=O)c2ccccc2F)C2CC2)cc1. The van der Waals surface area contributed by atoms with Gasteiger partial charge in [-0.3, -0.25) is 9.59 Å². The molecule has 0 saturated heterocycles. The maximum Gasteiger partial charge on any atom is 0.257 e. The molecule has 1 aliphatic carbocycles. The van der Waals surface area contributed by atoms with Crippen molar-refractivity contribution in [3.63, 3.8) is 0 Å². The first kappa shape index (κ1) is 23.8. The number of amides is 2. The molecule has 4 aromatic rings. The Morgan fingerprint density at radius 1 is 0.972 bits per heavy atom. The highest BCUT2D eigenvalue weighted by Crippen LogP contribution is 2.29. The van der Waals surface area contributed by atoms with Gasteiger partial charge < -0.3 is 14.8 Å². The highest BCUT2D eigenvalue weighted by atomic mass is 19.1. The summed E-state index contributed by atoms with van der Waals surface area (Å²) in [5.41, 5.74) is 4.42. The maximum atomic E-state index is 14.4. The van der Waals surface area contributed by atoms with E-state index in [4.69, 9.17) is 0 Å². The van der Waals surface area contributed by atoms with Crippen LogP contribution < -0.4 is 0 Å². The van der Waals surface area contributed by atoms with Gasteiger partial charge in [-0.25, -0.2) is 4.39 Å². The lowest BCUT2D eigenvalue weighted by Crippen LogP contribution is -2.44. The number of carbonyl (C=O) groups excluding carboxylic acids is 2. The summed E-state index contributed by atoms with van der Waals surface area (Å²) in [5, 5.41) is 1.15. The van der Waals surface area contributed by atoms with E-state index in [1.54, 1.807) is 17.0 Å². The lowest BCUT2D eigenvalue weighted by atomic mass is 10.1. The Hall–Kier alpha value is -3.93. The number of rotatable bonds is 9. The second kappa shape index (κ2) is 10.4. The van der Waals surface area contributed by atoms with Gasteiger partial charge in [0.15, 0.2) is 0 Å². The molecule has 5 rings (SSSR count). The molecule has 0 atom stereocenters. The fraction of sp³-hybridized carbons (Fsp3) is 0.267. The lowest BCUT2D eigenvalue weighted by molar-refractivity contribution is -0.132. The molecule has 1 saturated carbocycles. The molecule has 1 heterocycles. The summed E-state index contributed by atoms with van der Waals surface area (Å²) in [7, 11) is 0. The predicted molar refractivity (Wildman–Crippen MR) is 139 cm³/mol. The number of aromatic amines is 1. The lowest BCUT2D eigenvalue weighted by Gasteiger charge is -2.28. The Balaban J connectivity index is 1.36. The van der Waals surface area contributed by atoms with E-state index in [1.807, 2.05) is 60.5 Å². The summed E-state index contributed by atoms with van der Waals surface area (Å²) in [6, 6.07) is 22.2. The number of carbonyl (C=O) groups is 2. The molecular formula is C30H30FN3O2. The number of fused-ring (bicyclic) bond motifs is 1. The Bertz CT molecular complexity index is 1370. The molecule has 1 aliphatic rings. The van der Waals surface area contributed by atoms with E-state index < -0.39 is 11.7 Å². The second-order valence-electron chi connectivity index (χ2n) is 9.55. The van der Waals surface area contributed by atoms with E-state index in [1.165, 1.54) is 12.1 Å². The van der Waals surface area contributed by atoms with Crippen molar-refractivity contribution in [1.82, 2.24) is 14.8 Å². The monoisotopic (exact) mass is 483 g/mol. The first-order valence-corrected chi connectivity index (χ1v) is 12.4. The predicted octanol–water partition coefficient (Wildman–Crippen LogP) is 5.49. The zero-order chi connectivity index (χ0) is 25.1. The van der Waals surface area contributed by atoms with E-state index in [2.05, 4.69) is 11.1 Å². The number of halogens is 1. The van der Waals surface area contributed by atoms with E-state index in [9.17, 15) is 14.0 Å². The van der Waals surface area contributed by atoms with E-state index >= 15 is 0 Å². The van der Waals surface area contributed by atoms with Crippen LogP contribution in [0.1, 0.15) is 39.9 Å². The zero-order valence-electron chi connectivity index (χ0n) is 20.4. The third-order valence-corrected chi connectivity index (χ3v) is 6.83. The van der Waals surface area contributed by atoms with Crippen LogP contribution in [0.4, 0.5) is 4.39 Å². The van der Waals surface area contributed by atoms with Crippen LogP contribution in [-0.4, -0.2) is 45.7 Å². The van der Waals surface area contributed by atoms with Crippen LogP contribution in [0.5, 0.6) is 0 Å². The molecule has 1 fully saturated rings. The standard InChI is InChI=1S/C30H30FN3O2/c1-21-10-12-22(13-11-21)19-33(17-16-23-18-32-28-9-5-3-6-25(23)28)29(35)20-34(24-14-15-24)30(36)26-7-2-4-8-27(26)31/h2-13,18,24,32H,14-17,19-20H2,1H3. The van der Waals surface area contributed by atoms with Crippen LogP contribution in [0.15, 0.2) is 79.0 Å². The minimum Gasteiger partial charge on any atom is -0.361 e. The molecular weight excluding hydrogens is 453 g/mol. The van der Waals surface area contributed by atoms with Crippen molar-refractivity contribution in [2.24, 2.45) is 0 Å². The first-order chi connectivity index (χ1) is 17.5. The van der Waals surface area contributed by atoms with Gasteiger partial charge in [-0.05, 0) is 55.5 Å². The molecule has 36 heavy (non-hydrogen) atoms. The minimum absolute atomic E-state index is 0.0149. The Morgan fingerprint density at radius 3 is 2.44 bits per heavy atom. The highest BCUT2D eigenvalue weighted by Gasteiger charge is 2.36. The summed E-state index contributed by atoms with van der Waals surface area (Å²) in [6.07, 6.45) is 4.35. The van der Waals surface area contributed by atoms with Gasteiger partial charge in [0.2, 0.25) is 5.91 Å². The summed E-state index contributed by atoms with van der Waals surface area (Å²) in [6.45, 7) is 2.94. The van der Waals surface area contributed by atoms with Crippen LogP contribution >= 0.6 is 0 Å². The van der Waals surface area contributed by atoms with Gasteiger partial charge in [0.05, 0.1) is 5.56 Å². The first-order valence-electron chi connectivity index (χ1n) is 12.4. The molecule has 2 amide bonds. The number of nitrogens with one attached hydrogen (secondary N) is 1. The van der Waals surface area contributed by atoms with Crippen molar-refractivity contribution in [3.05, 3.63) is 107 Å². The van der Waals surface area contributed by atoms with E-state index in [0.717, 1.165) is 40.4 Å². The second-order valence-corrected chi connectivity index (χ2v) is 9.55. The number of para-hydroxylation sites is 1. The van der Waals surface area contributed by atoms with Gasteiger partial charge >= 0.3 is 0 Å². The maximum absolute atomic E-state index is 14.4. The fourth-order valence-electron chi connectivity index (χ4n) is 4.59. The van der Waals surface area contributed by atoms with Crippen molar-refractivity contribution >= 4 is 22.7 Å². The Kier molecular flexibility index (Phi) is 6.85. The van der Waals surface area contributed by atoms with Gasteiger partial charge in [0, 0.05) is 36.2 Å². The molecule has 0 unspecified atom stereocenters. The van der Waals surface area contributed by atoms with Gasteiger partial charge in [-0.1, -0.05) is 60.2 Å². The van der Waals surface area contributed by atoms with Crippen LogP contribution in [0, 0.1) is 12.7 Å². The van der Waals surface area contributed by atoms with Crippen LogP contribution in [0.25, 0.3) is 10.9 Å². The number of H-pyrrole nitrogens is 1. The van der Waals surface area contributed by atoms with E-state index in [0.29, 0.717) is 19.5 Å². The zero-order valence-corrected chi connectivity index (χ0v) is 20.4. The number of nitrogens with zero attached hydrogens (tertiary/aromatic N) is 2. The molecule has 0 radical (unpaired) electrons. The molecule has 5 nitrogen and oxygen atoms in total. The summed E-state index contributed by atoms with van der Waals surface area (Å²) in [4.78, 5) is 33.5. The van der Waals surface area contributed by atoms with Crippen molar-refractivity contribution in [1.29, 1.82) is 0 Å². The van der Waals surface area contributed by atoms with Crippen molar-refractivity contribution < 1.29 is 14.0 Å². The van der Waals surface area contributed by atoms with Crippen molar-refractivity contribution in [2.75, 3.05) is 13.1 Å². The molecule has 0 spiro atoms. The topological polar surface area (TPSA) is 56.4 Å². The normalized spacial score (nSPS) is 13.1. The summed E-state index contributed by atoms with van der Waals surface area (Å²) >= 11 is 0. The van der Waals surface area contributed by atoms with Crippen molar-refractivity contribution in [3.8, 4) is 0 Å². The van der Waals surface area contributed by atoms with Gasteiger partial charge in [0.1, 0.15) is 12.4 Å². The minimum atomic E-state index is -0.559. The Labute approximate surface area is 210 Å². The van der Waals surface area contributed by atoms with E-state index in [-0.39, 0.29) is 24.1 Å². The average molecular weight is 484 g/mol. The number of hydrogen-bond acceptors (Lipinski definition) is 2. The summed E-state index contributed by atoms with van der Waals surface area (Å²) < 4.78 is 14.4. The largest absolute Gasteiger partial charge is 0.361 e. The molecule has 1 N–H and O–H groups in total. The van der Waals surface area contributed by atoms with Crippen LogP contribution in [-0.2, 0) is 17.8 Å². The van der Waals surface area contributed by atoms with Gasteiger partial charge in [-0.15, -0.1) is 0 Å². The molecule has 1 aromatic heterocycles. The average Bonchev–Trinajstić information content (AvgIpc) is 3.65. The molecule has 3 aromatic carbocycles. The third kappa shape index (κ3) is 5.33. The molecule has 184 valence electrons. The molecule has 6 heteroatoms. The smallest absolute Gasteiger partial charge is 0.257 e. The number of aromatic nitrogens is 1. The van der Waals surface area contributed by atoms with Crippen molar-refractivity contribution in [2.45, 2.75) is 38.8 Å². The number of hydrogen-bond donors (Lipinski definition) is 1. The fourth-order valence-corrected chi connectivity index (χ4v) is 4.59. The third-order valence-electron chi connectivity index (χ3n) is 6.83. The summed E-state index contributed by atoms with van der Waals surface area (Å²) in [5.74, 6) is -1.11. The van der Waals surface area contributed by atoms with Crippen LogP contribution in [0.3, 0.4) is 0 Å². The van der Waals surface area contributed by atoms with Gasteiger partial charge in [-0.2, -0.15) is 0 Å². The number of benzene rings is 3. The van der Waals surface area contributed by atoms with Crippen LogP contribution in [0.2, 0.25) is 0 Å². The molecule has 0 bridgehead atoms. The Morgan fingerprint density at radius 2 is 1.69 bits per heavy atom.